The lowest BCUT2D eigenvalue weighted by atomic mass is 9.89. The molecular formula is C18H28N6O3. The van der Waals surface area contributed by atoms with E-state index >= 15 is 0 Å². The number of carboxylic acid groups (broad SMARTS) is 1. The first-order valence-corrected chi connectivity index (χ1v) is 9.58. The molecule has 9 nitrogen and oxygen atoms in total. The second-order valence-corrected chi connectivity index (χ2v) is 7.42. The molecule has 27 heavy (non-hydrogen) atoms. The van der Waals surface area contributed by atoms with Crippen molar-refractivity contribution in [3.8, 4) is 0 Å². The SMILES string of the molecule is CC(C)n1cnc2c(NCC3CCCCC3)nc(NC(CO)C(=O)O)nc21. The molecule has 0 bridgehead atoms. The van der Waals surface area contributed by atoms with E-state index in [0.29, 0.717) is 22.9 Å². The van der Waals surface area contributed by atoms with Gasteiger partial charge in [0.15, 0.2) is 23.0 Å². The molecule has 1 aliphatic rings. The van der Waals surface area contributed by atoms with Gasteiger partial charge in [-0.25, -0.2) is 9.78 Å². The van der Waals surface area contributed by atoms with Crippen molar-refractivity contribution in [1.29, 1.82) is 0 Å². The fraction of sp³-hybridized carbons (Fsp3) is 0.667. The molecule has 2 aromatic heterocycles. The molecule has 148 valence electrons. The minimum absolute atomic E-state index is 0.150. The second kappa shape index (κ2) is 8.51. The van der Waals surface area contributed by atoms with Gasteiger partial charge in [-0.05, 0) is 32.6 Å². The Labute approximate surface area is 158 Å². The van der Waals surface area contributed by atoms with Crippen molar-refractivity contribution in [1.82, 2.24) is 19.5 Å². The van der Waals surface area contributed by atoms with Gasteiger partial charge in [0.25, 0.3) is 0 Å². The number of anilines is 2. The van der Waals surface area contributed by atoms with Gasteiger partial charge >= 0.3 is 5.97 Å². The number of fused-ring (bicyclic) bond motifs is 1. The average molecular weight is 376 g/mol. The lowest BCUT2D eigenvalue weighted by molar-refractivity contribution is -0.138. The van der Waals surface area contributed by atoms with Crippen LogP contribution in [-0.2, 0) is 4.79 Å². The van der Waals surface area contributed by atoms with Gasteiger partial charge in [-0.15, -0.1) is 0 Å². The maximum atomic E-state index is 11.2. The van der Waals surface area contributed by atoms with E-state index in [0.717, 1.165) is 6.54 Å². The van der Waals surface area contributed by atoms with E-state index < -0.39 is 18.6 Å². The molecule has 4 N–H and O–H groups in total. The molecule has 2 heterocycles. The summed E-state index contributed by atoms with van der Waals surface area (Å²) in [5.74, 6) is 0.207. The molecule has 9 heteroatoms. The zero-order valence-corrected chi connectivity index (χ0v) is 15.9. The topological polar surface area (TPSA) is 125 Å². The molecule has 3 rings (SSSR count). The van der Waals surface area contributed by atoms with Gasteiger partial charge in [-0.1, -0.05) is 19.3 Å². The Hall–Kier alpha value is -2.42. The van der Waals surface area contributed by atoms with Crippen LogP contribution in [0.5, 0.6) is 0 Å². The molecule has 1 aliphatic carbocycles. The average Bonchev–Trinajstić information content (AvgIpc) is 3.09. The third-order valence-electron chi connectivity index (χ3n) is 5.04. The van der Waals surface area contributed by atoms with E-state index in [9.17, 15) is 15.0 Å². The van der Waals surface area contributed by atoms with Crippen LogP contribution in [0.25, 0.3) is 11.2 Å². The monoisotopic (exact) mass is 376 g/mol. The van der Waals surface area contributed by atoms with E-state index in [4.69, 9.17) is 0 Å². The highest BCUT2D eigenvalue weighted by Gasteiger charge is 2.21. The van der Waals surface area contributed by atoms with Crippen molar-refractivity contribution in [3.63, 3.8) is 0 Å². The van der Waals surface area contributed by atoms with Gasteiger partial charge in [0.2, 0.25) is 5.95 Å². The van der Waals surface area contributed by atoms with Crippen LogP contribution in [0.4, 0.5) is 11.8 Å². The highest BCUT2D eigenvalue weighted by Crippen LogP contribution is 2.27. The Balaban J connectivity index is 1.90. The first-order chi connectivity index (χ1) is 13.0. The highest BCUT2D eigenvalue weighted by atomic mass is 16.4. The minimum Gasteiger partial charge on any atom is -0.480 e. The summed E-state index contributed by atoms with van der Waals surface area (Å²) in [5, 5.41) is 24.6. The molecule has 1 fully saturated rings. The molecular weight excluding hydrogens is 348 g/mol. The van der Waals surface area contributed by atoms with Crippen molar-refractivity contribution >= 4 is 28.9 Å². The summed E-state index contributed by atoms with van der Waals surface area (Å²) in [7, 11) is 0. The third kappa shape index (κ3) is 4.47. The zero-order chi connectivity index (χ0) is 19.4. The highest BCUT2D eigenvalue weighted by molar-refractivity contribution is 5.85. The van der Waals surface area contributed by atoms with E-state index in [1.54, 1.807) is 6.33 Å². The number of aromatic nitrogens is 4. The normalized spacial score (nSPS) is 16.6. The summed E-state index contributed by atoms with van der Waals surface area (Å²) < 4.78 is 1.92. The number of aliphatic hydroxyl groups excluding tert-OH is 1. The maximum Gasteiger partial charge on any atom is 0.328 e. The van der Waals surface area contributed by atoms with Gasteiger partial charge in [-0.2, -0.15) is 9.97 Å². The first kappa shape index (κ1) is 19.3. The number of hydrogen-bond acceptors (Lipinski definition) is 7. The number of carboxylic acids is 1. The van der Waals surface area contributed by atoms with E-state index in [1.165, 1.54) is 32.1 Å². The lowest BCUT2D eigenvalue weighted by Crippen LogP contribution is -2.33. The van der Waals surface area contributed by atoms with Crippen molar-refractivity contribution in [2.24, 2.45) is 5.92 Å². The quantitative estimate of drug-likeness (QED) is 0.553. The minimum atomic E-state index is -1.16. The predicted molar refractivity (Wildman–Crippen MR) is 103 cm³/mol. The summed E-state index contributed by atoms with van der Waals surface area (Å²) in [4.78, 5) is 24.6. The Bertz CT molecular complexity index is 785. The molecule has 1 saturated carbocycles. The van der Waals surface area contributed by atoms with Crippen LogP contribution in [0, 0.1) is 5.92 Å². The summed E-state index contributed by atoms with van der Waals surface area (Å²) in [6.07, 6.45) is 7.96. The van der Waals surface area contributed by atoms with Crippen LogP contribution in [0.3, 0.4) is 0 Å². The molecule has 0 amide bonds. The number of rotatable bonds is 8. The van der Waals surface area contributed by atoms with E-state index in [2.05, 4.69) is 25.6 Å². The number of nitrogens with one attached hydrogen (secondary N) is 2. The zero-order valence-electron chi connectivity index (χ0n) is 15.9. The Morgan fingerprint density at radius 3 is 2.67 bits per heavy atom. The number of aliphatic carboxylic acids is 1. The predicted octanol–water partition coefficient (Wildman–Crippen LogP) is 2.26. The summed E-state index contributed by atoms with van der Waals surface area (Å²) in [6.45, 7) is 4.31. The van der Waals surface area contributed by atoms with E-state index in [-0.39, 0.29) is 12.0 Å². The van der Waals surface area contributed by atoms with Gasteiger partial charge in [0.05, 0.1) is 12.9 Å². The molecule has 0 aliphatic heterocycles. The van der Waals surface area contributed by atoms with Crippen LogP contribution >= 0.6 is 0 Å². The van der Waals surface area contributed by atoms with Crippen molar-refractivity contribution in [2.45, 2.75) is 58.0 Å². The van der Waals surface area contributed by atoms with Gasteiger partial charge in [0.1, 0.15) is 0 Å². The Morgan fingerprint density at radius 1 is 1.30 bits per heavy atom. The first-order valence-electron chi connectivity index (χ1n) is 9.58. The molecule has 0 saturated heterocycles. The van der Waals surface area contributed by atoms with Gasteiger partial charge in [-0.3, -0.25) is 0 Å². The molecule has 2 aromatic rings. The summed E-state index contributed by atoms with van der Waals surface area (Å²) in [6, 6.07) is -1.01. The smallest absolute Gasteiger partial charge is 0.328 e. The van der Waals surface area contributed by atoms with Gasteiger partial charge in [0, 0.05) is 12.6 Å². The van der Waals surface area contributed by atoms with Crippen molar-refractivity contribution in [2.75, 3.05) is 23.8 Å². The molecule has 0 spiro atoms. The van der Waals surface area contributed by atoms with Crippen molar-refractivity contribution in [3.05, 3.63) is 6.33 Å². The fourth-order valence-corrected chi connectivity index (χ4v) is 3.46. The molecule has 0 radical (unpaired) electrons. The van der Waals surface area contributed by atoms with Crippen LogP contribution < -0.4 is 10.6 Å². The standard InChI is InChI=1S/C18H28N6O3/c1-11(2)24-10-20-14-15(19-8-12-6-4-3-5-7-12)22-18(23-16(14)24)21-13(9-25)17(26)27/h10-13,25H,3-9H2,1-2H3,(H,26,27)(H2,19,21,22,23). The van der Waals surface area contributed by atoms with E-state index in [1.807, 2.05) is 18.4 Å². The molecule has 1 unspecified atom stereocenters. The number of nitrogens with zero attached hydrogens (tertiary/aromatic N) is 4. The molecule has 1 atom stereocenters. The largest absolute Gasteiger partial charge is 0.480 e. The Kier molecular flexibility index (Phi) is 6.10. The maximum absolute atomic E-state index is 11.2. The van der Waals surface area contributed by atoms with Crippen LogP contribution in [0.1, 0.15) is 52.0 Å². The second-order valence-electron chi connectivity index (χ2n) is 7.42. The Morgan fingerprint density at radius 2 is 2.04 bits per heavy atom. The third-order valence-corrected chi connectivity index (χ3v) is 5.04. The summed E-state index contributed by atoms with van der Waals surface area (Å²) >= 11 is 0. The lowest BCUT2D eigenvalue weighted by Gasteiger charge is -2.22. The van der Waals surface area contributed by atoms with Crippen LogP contribution in [0.2, 0.25) is 0 Å². The summed E-state index contributed by atoms with van der Waals surface area (Å²) in [5.41, 5.74) is 1.30. The fourth-order valence-electron chi connectivity index (χ4n) is 3.46. The molecule has 0 aromatic carbocycles. The van der Waals surface area contributed by atoms with Crippen LogP contribution in [-0.4, -0.2) is 54.9 Å². The number of hydrogen-bond donors (Lipinski definition) is 4. The number of aliphatic hydroxyl groups is 1. The number of carbonyl (C=O) groups is 1. The van der Waals surface area contributed by atoms with Crippen molar-refractivity contribution < 1.29 is 15.0 Å². The van der Waals surface area contributed by atoms with Crippen LogP contribution in [0.15, 0.2) is 6.33 Å². The number of imidazole rings is 1. The van der Waals surface area contributed by atoms with Gasteiger partial charge < -0.3 is 25.4 Å².